The second kappa shape index (κ2) is 4.52. The van der Waals surface area contributed by atoms with Crippen LogP contribution in [0.3, 0.4) is 0 Å². The average molecular weight is 275 g/mol. The summed E-state index contributed by atoms with van der Waals surface area (Å²) in [7, 11) is 0. The summed E-state index contributed by atoms with van der Waals surface area (Å²) in [4.78, 5) is 28.8. The monoisotopic (exact) mass is 275 g/mol. The van der Waals surface area contributed by atoms with Gasteiger partial charge in [0.2, 0.25) is 5.91 Å². The van der Waals surface area contributed by atoms with Crippen molar-refractivity contribution in [1.29, 1.82) is 0 Å². The van der Waals surface area contributed by atoms with Crippen LogP contribution in [0.25, 0.3) is 11.1 Å². The Labute approximate surface area is 114 Å². The molecule has 2 N–H and O–H groups in total. The Kier molecular flexibility index (Phi) is 2.81. The molecule has 3 rings (SSSR count). The Morgan fingerprint density at radius 2 is 2.35 bits per heavy atom. The molecule has 7 nitrogen and oxygen atoms in total. The number of fused-ring (bicyclic) bond motifs is 1. The lowest BCUT2D eigenvalue weighted by molar-refractivity contribution is -0.123. The highest BCUT2D eigenvalue weighted by Gasteiger charge is 2.29. The molecule has 104 valence electrons. The highest BCUT2D eigenvalue weighted by atomic mass is 16.4. The van der Waals surface area contributed by atoms with Crippen LogP contribution in [0.4, 0.5) is 6.01 Å². The van der Waals surface area contributed by atoms with E-state index in [9.17, 15) is 9.59 Å². The van der Waals surface area contributed by atoms with Crippen LogP contribution in [-0.2, 0) is 4.79 Å². The lowest BCUT2D eigenvalue weighted by atomic mass is 10.2. The summed E-state index contributed by atoms with van der Waals surface area (Å²) >= 11 is 0. The van der Waals surface area contributed by atoms with Crippen LogP contribution >= 0.6 is 0 Å². The van der Waals surface area contributed by atoms with Gasteiger partial charge in [0.05, 0.1) is 5.56 Å². The normalized spacial score (nSPS) is 19.1. The van der Waals surface area contributed by atoms with Crippen LogP contribution in [0.1, 0.15) is 17.3 Å². The first-order chi connectivity index (χ1) is 9.58. The number of piperazine rings is 1. The van der Waals surface area contributed by atoms with Gasteiger partial charge >= 0.3 is 5.97 Å². The first-order valence-corrected chi connectivity index (χ1v) is 6.25. The van der Waals surface area contributed by atoms with Crippen molar-refractivity contribution in [3.63, 3.8) is 0 Å². The molecule has 1 aliphatic rings. The Bertz CT molecular complexity index is 694. The molecule has 0 saturated carbocycles. The first kappa shape index (κ1) is 12.5. The molecule has 1 aromatic heterocycles. The number of aromatic nitrogens is 1. The number of hydrogen-bond donors (Lipinski definition) is 2. The molecule has 7 heteroatoms. The maximum atomic E-state index is 11.7. The molecule has 1 unspecified atom stereocenters. The Balaban J connectivity index is 2.07. The number of carboxylic acids is 1. The molecule has 0 bridgehead atoms. The lowest BCUT2D eigenvalue weighted by Gasteiger charge is -2.31. The highest BCUT2D eigenvalue weighted by molar-refractivity contribution is 6.00. The van der Waals surface area contributed by atoms with E-state index in [0.717, 1.165) is 0 Å². The number of amides is 1. The quantitative estimate of drug-likeness (QED) is 0.843. The van der Waals surface area contributed by atoms with Gasteiger partial charge < -0.3 is 19.7 Å². The minimum Gasteiger partial charge on any atom is -0.478 e. The number of hydrogen-bond acceptors (Lipinski definition) is 5. The van der Waals surface area contributed by atoms with Crippen LogP contribution in [0.15, 0.2) is 22.6 Å². The van der Waals surface area contributed by atoms with Crippen LogP contribution in [0.2, 0.25) is 0 Å². The Morgan fingerprint density at radius 3 is 3.10 bits per heavy atom. The van der Waals surface area contributed by atoms with Crippen molar-refractivity contribution in [3.05, 3.63) is 23.8 Å². The van der Waals surface area contributed by atoms with E-state index < -0.39 is 12.0 Å². The minimum atomic E-state index is -1.06. The number of nitrogens with zero attached hydrogens (tertiary/aromatic N) is 2. The SMILES string of the molecule is CC1C(=O)NCCN1c1nc2c(C(=O)O)cccc2o1. The van der Waals surface area contributed by atoms with Crippen molar-refractivity contribution in [1.82, 2.24) is 10.3 Å². The molecule has 1 amide bonds. The van der Waals surface area contributed by atoms with E-state index in [4.69, 9.17) is 9.52 Å². The summed E-state index contributed by atoms with van der Waals surface area (Å²) in [6, 6.07) is 4.62. The largest absolute Gasteiger partial charge is 0.478 e. The molecule has 1 aliphatic heterocycles. The van der Waals surface area contributed by atoms with Gasteiger partial charge in [0, 0.05) is 13.1 Å². The number of carboxylic acid groups (broad SMARTS) is 1. The summed E-state index contributed by atoms with van der Waals surface area (Å²) in [5.74, 6) is -1.16. The van der Waals surface area contributed by atoms with Crippen molar-refractivity contribution in [2.24, 2.45) is 0 Å². The minimum absolute atomic E-state index is 0.0895. The van der Waals surface area contributed by atoms with Gasteiger partial charge in [0.1, 0.15) is 11.6 Å². The molecule has 0 aliphatic carbocycles. The third-order valence-corrected chi connectivity index (χ3v) is 3.38. The second-order valence-corrected chi connectivity index (χ2v) is 4.61. The molecule has 1 saturated heterocycles. The van der Waals surface area contributed by atoms with E-state index in [1.54, 1.807) is 24.0 Å². The van der Waals surface area contributed by atoms with Crippen LogP contribution in [-0.4, -0.2) is 41.1 Å². The zero-order valence-corrected chi connectivity index (χ0v) is 10.8. The Morgan fingerprint density at radius 1 is 1.55 bits per heavy atom. The summed E-state index contributed by atoms with van der Waals surface area (Å²) in [5, 5.41) is 11.9. The molecular formula is C13H13N3O4. The number of oxazole rings is 1. The van der Waals surface area contributed by atoms with Gasteiger partial charge in [-0.3, -0.25) is 4.79 Å². The van der Waals surface area contributed by atoms with Crippen molar-refractivity contribution < 1.29 is 19.1 Å². The van der Waals surface area contributed by atoms with Crippen molar-refractivity contribution in [2.75, 3.05) is 18.0 Å². The van der Waals surface area contributed by atoms with Gasteiger partial charge in [-0.05, 0) is 19.1 Å². The van der Waals surface area contributed by atoms with E-state index in [0.29, 0.717) is 24.2 Å². The number of nitrogens with one attached hydrogen (secondary N) is 1. The summed E-state index contributed by atoms with van der Waals surface area (Å²) in [6.45, 7) is 2.83. The first-order valence-electron chi connectivity index (χ1n) is 6.25. The van der Waals surface area contributed by atoms with Gasteiger partial charge in [-0.2, -0.15) is 4.98 Å². The number of carbonyl (C=O) groups is 2. The van der Waals surface area contributed by atoms with E-state index in [1.807, 2.05) is 0 Å². The van der Waals surface area contributed by atoms with Crippen LogP contribution < -0.4 is 10.2 Å². The zero-order valence-electron chi connectivity index (χ0n) is 10.8. The van der Waals surface area contributed by atoms with Crippen LogP contribution in [0.5, 0.6) is 0 Å². The molecule has 0 spiro atoms. The fourth-order valence-corrected chi connectivity index (χ4v) is 2.28. The fraction of sp³-hybridized carbons (Fsp3) is 0.308. The molecule has 1 aromatic carbocycles. The van der Waals surface area contributed by atoms with Gasteiger partial charge in [-0.1, -0.05) is 6.07 Å². The molecule has 0 radical (unpaired) electrons. The topological polar surface area (TPSA) is 95.7 Å². The fourth-order valence-electron chi connectivity index (χ4n) is 2.28. The molecule has 1 atom stereocenters. The number of rotatable bonds is 2. The average Bonchev–Trinajstić information content (AvgIpc) is 2.84. The number of anilines is 1. The number of para-hydroxylation sites is 1. The van der Waals surface area contributed by atoms with Gasteiger partial charge in [-0.25, -0.2) is 4.79 Å². The summed E-state index contributed by atoms with van der Waals surface area (Å²) in [6.07, 6.45) is 0. The maximum absolute atomic E-state index is 11.7. The molecular weight excluding hydrogens is 262 g/mol. The van der Waals surface area contributed by atoms with Gasteiger partial charge in [-0.15, -0.1) is 0 Å². The van der Waals surface area contributed by atoms with Crippen LogP contribution in [0, 0.1) is 0 Å². The lowest BCUT2D eigenvalue weighted by Crippen LogP contribution is -2.54. The Hall–Kier alpha value is -2.57. The highest BCUT2D eigenvalue weighted by Crippen LogP contribution is 2.26. The van der Waals surface area contributed by atoms with Crippen molar-refractivity contribution in [2.45, 2.75) is 13.0 Å². The third-order valence-electron chi connectivity index (χ3n) is 3.38. The maximum Gasteiger partial charge on any atom is 0.338 e. The summed E-state index contributed by atoms with van der Waals surface area (Å²) in [5.41, 5.74) is 0.790. The van der Waals surface area contributed by atoms with Gasteiger partial charge in [0.25, 0.3) is 6.01 Å². The second-order valence-electron chi connectivity index (χ2n) is 4.61. The van der Waals surface area contributed by atoms with E-state index in [-0.39, 0.29) is 17.5 Å². The zero-order chi connectivity index (χ0) is 14.3. The van der Waals surface area contributed by atoms with Crippen molar-refractivity contribution >= 4 is 29.0 Å². The molecule has 2 heterocycles. The van der Waals surface area contributed by atoms with E-state index in [1.165, 1.54) is 6.07 Å². The number of carbonyl (C=O) groups excluding carboxylic acids is 1. The van der Waals surface area contributed by atoms with E-state index in [2.05, 4.69) is 10.3 Å². The standard InChI is InChI=1S/C13H13N3O4/c1-7-11(17)14-5-6-16(7)13-15-10-8(12(18)19)3-2-4-9(10)20-13/h2-4,7H,5-6H2,1H3,(H,14,17)(H,18,19). The molecule has 20 heavy (non-hydrogen) atoms. The third kappa shape index (κ3) is 1.87. The van der Waals surface area contributed by atoms with Crippen molar-refractivity contribution in [3.8, 4) is 0 Å². The predicted octanol–water partition coefficient (Wildman–Crippen LogP) is 0.851. The molecule has 2 aromatic rings. The summed E-state index contributed by atoms with van der Waals surface area (Å²) < 4.78 is 5.59. The predicted molar refractivity (Wildman–Crippen MR) is 70.8 cm³/mol. The smallest absolute Gasteiger partial charge is 0.338 e. The molecule has 1 fully saturated rings. The van der Waals surface area contributed by atoms with E-state index >= 15 is 0 Å². The van der Waals surface area contributed by atoms with Gasteiger partial charge in [0.15, 0.2) is 5.58 Å². The number of benzene rings is 1. The number of aromatic carboxylic acids is 1.